The van der Waals surface area contributed by atoms with Crippen LogP contribution in [0.4, 0.5) is 45.5 Å². The van der Waals surface area contributed by atoms with E-state index in [1.54, 1.807) is 24.3 Å². The molecule has 0 aromatic heterocycles. The van der Waals surface area contributed by atoms with E-state index in [-0.39, 0.29) is 48.4 Å². The summed E-state index contributed by atoms with van der Waals surface area (Å²) in [7, 11) is 0. The molecule has 0 saturated heterocycles. The van der Waals surface area contributed by atoms with Crippen molar-refractivity contribution in [3.8, 4) is 0 Å². The molecule has 4 fully saturated rings. The maximum absolute atomic E-state index is 13.9. The van der Waals surface area contributed by atoms with Gasteiger partial charge in [0.15, 0.2) is 0 Å². The summed E-state index contributed by atoms with van der Waals surface area (Å²) in [5.74, 6) is 0.162. The van der Waals surface area contributed by atoms with Crippen molar-refractivity contribution >= 4 is 57.4 Å². The third-order valence-electron chi connectivity index (χ3n) is 12.0. The molecule has 0 aliphatic heterocycles. The van der Waals surface area contributed by atoms with Crippen molar-refractivity contribution in [2.24, 2.45) is 43.1 Å². The summed E-state index contributed by atoms with van der Waals surface area (Å²) < 4.78 is 12.0. The van der Waals surface area contributed by atoms with Gasteiger partial charge in [0.05, 0.1) is 56.5 Å². The Morgan fingerprint density at radius 2 is 0.900 bits per heavy atom. The highest BCUT2D eigenvalue weighted by molar-refractivity contribution is 5.83. The van der Waals surface area contributed by atoms with Crippen LogP contribution < -0.4 is 9.80 Å². The molecule has 4 bridgehead atoms. The molecule has 4 aromatic rings. The van der Waals surface area contributed by atoms with Gasteiger partial charge in [-0.25, -0.2) is 0 Å². The van der Waals surface area contributed by atoms with Crippen LogP contribution in [0.3, 0.4) is 0 Å². The van der Waals surface area contributed by atoms with E-state index in [2.05, 4.69) is 30.3 Å². The Kier molecular flexibility index (Phi) is 12.6. The molecule has 8 rings (SSSR count). The Balaban J connectivity index is 0.894. The molecular weight excluding hydrogens is 769 g/mol. The van der Waals surface area contributed by atoms with E-state index in [1.807, 2.05) is 62.4 Å². The van der Waals surface area contributed by atoms with Crippen molar-refractivity contribution in [1.82, 2.24) is 0 Å². The number of nitro benzene ring substituents is 2. The van der Waals surface area contributed by atoms with Crippen LogP contribution in [0.2, 0.25) is 0 Å². The average Bonchev–Trinajstić information content (AvgIpc) is 3.25. The lowest BCUT2D eigenvalue weighted by Gasteiger charge is -2.59. The van der Waals surface area contributed by atoms with Gasteiger partial charge in [0, 0.05) is 48.7 Å². The zero-order chi connectivity index (χ0) is 42.3. The predicted molar refractivity (Wildman–Crippen MR) is 225 cm³/mol. The molecule has 4 aliphatic carbocycles. The molecular formula is C44H48N8O8. The number of anilines is 2. The van der Waals surface area contributed by atoms with Crippen molar-refractivity contribution < 1.29 is 28.9 Å². The SMILES string of the molecule is CCN(CCOC(=O)C12CC3CC(C1)CC(C(=O)OCCN(CC)c1ccc(N=Nc4ccc([N+](=O)[O-])cc4)cc1)(C3)C2)c1ccc(N=Nc2ccc([N+](=O)[O-])cc2)cc1. The first-order valence-electron chi connectivity index (χ1n) is 20.3. The van der Waals surface area contributed by atoms with E-state index >= 15 is 0 Å². The Morgan fingerprint density at radius 1 is 0.583 bits per heavy atom. The maximum atomic E-state index is 13.9. The molecule has 0 heterocycles. The summed E-state index contributed by atoms with van der Waals surface area (Å²) >= 11 is 0. The number of hydrogen-bond acceptors (Lipinski definition) is 14. The van der Waals surface area contributed by atoms with Crippen molar-refractivity contribution in [2.75, 3.05) is 49.2 Å². The molecule has 0 spiro atoms. The summed E-state index contributed by atoms with van der Waals surface area (Å²) in [4.78, 5) is 53.0. The number of carbonyl (C=O) groups is 2. The van der Waals surface area contributed by atoms with Gasteiger partial charge >= 0.3 is 11.9 Å². The number of likely N-dealkylation sites (N-methyl/N-ethyl adjacent to an activating group) is 2. The molecule has 4 aliphatic rings. The first-order valence-corrected chi connectivity index (χ1v) is 20.3. The van der Waals surface area contributed by atoms with Crippen LogP contribution >= 0.6 is 0 Å². The van der Waals surface area contributed by atoms with Crippen LogP contribution in [0.25, 0.3) is 0 Å². The summed E-state index contributed by atoms with van der Waals surface area (Å²) in [5, 5.41) is 38.6. The topological polar surface area (TPSA) is 195 Å². The molecule has 16 nitrogen and oxygen atoms in total. The number of carbonyl (C=O) groups excluding carboxylic acids is 2. The van der Waals surface area contributed by atoms with E-state index in [4.69, 9.17) is 9.47 Å². The van der Waals surface area contributed by atoms with E-state index in [9.17, 15) is 29.8 Å². The highest BCUT2D eigenvalue weighted by Gasteiger charge is 2.64. The molecule has 4 saturated carbocycles. The van der Waals surface area contributed by atoms with Crippen LogP contribution in [0, 0.1) is 42.9 Å². The minimum Gasteiger partial charge on any atom is -0.463 e. The van der Waals surface area contributed by atoms with E-state index in [0.29, 0.717) is 55.3 Å². The average molecular weight is 817 g/mol. The van der Waals surface area contributed by atoms with Gasteiger partial charge < -0.3 is 19.3 Å². The van der Waals surface area contributed by atoms with Gasteiger partial charge in [-0.3, -0.25) is 29.8 Å². The number of hydrogen-bond donors (Lipinski definition) is 0. The Bertz CT molecular complexity index is 2060. The van der Waals surface area contributed by atoms with Gasteiger partial charge in [-0.15, -0.1) is 0 Å². The molecule has 60 heavy (non-hydrogen) atoms. The molecule has 0 radical (unpaired) electrons. The number of azo groups is 2. The Morgan fingerprint density at radius 3 is 1.20 bits per heavy atom. The minimum absolute atomic E-state index is 0.00889. The first-order chi connectivity index (χ1) is 29.0. The van der Waals surface area contributed by atoms with E-state index in [1.165, 1.54) is 24.3 Å². The van der Waals surface area contributed by atoms with Crippen LogP contribution in [-0.2, 0) is 19.1 Å². The van der Waals surface area contributed by atoms with Gasteiger partial charge in [-0.05, 0) is 137 Å². The first kappa shape index (κ1) is 41.6. The highest BCUT2D eigenvalue weighted by Crippen LogP contribution is 2.66. The van der Waals surface area contributed by atoms with Gasteiger partial charge in [0.2, 0.25) is 0 Å². The molecule has 0 amide bonds. The number of esters is 2. The second kappa shape index (κ2) is 18.1. The summed E-state index contributed by atoms with van der Waals surface area (Å²) in [6, 6.07) is 26.8. The minimum atomic E-state index is -0.677. The Labute approximate surface area is 347 Å². The van der Waals surface area contributed by atoms with Crippen molar-refractivity contribution in [3.63, 3.8) is 0 Å². The number of rotatable bonds is 18. The second-order valence-electron chi connectivity index (χ2n) is 15.9. The van der Waals surface area contributed by atoms with Crippen LogP contribution in [0.15, 0.2) is 118 Å². The monoisotopic (exact) mass is 816 g/mol. The smallest absolute Gasteiger partial charge is 0.312 e. The lowest BCUT2D eigenvalue weighted by atomic mass is 9.44. The zero-order valence-corrected chi connectivity index (χ0v) is 33.7. The fourth-order valence-corrected chi connectivity index (χ4v) is 9.46. The summed E-state index contributed by atoms with van der Waals surface area (Å²) in [5.41, 5.74) is 2.80. The van der Waals surface area contributed by atoms with E-state index < -0.39 is 20.7 Å². The molecule has 312 valence electrons. The van der Waals surface area contributed by atoms with Crippen LogP contribution in [0.5, 0.6) is 0 Å². The highest BCUT2D eigenvalue weighted by atomic mass is 16.6. The molecule has 16 heteroatoms. The fraction of sp³-hybridized carbons (Fsp3) is 0.409. The largest absolute Gasteiger partial charge is 0.463 e. The van der Waals surface area contributed by atoms with Crippen LogP contribution in [-0.4, -0.2) is 61.2 Å². The second-order valence-corrected chi connectivity index (χ2v) is 15.9. The molecule has 0 N–H and O–H groups in total. The van der Waals surface area contributed by atoms with Gasteiger partial charge in [0.1, 0.15) is 13.2 Å². The van der Waals surface area contributed by atoms with Crippen molar-refractivity contribution in [2.45, 2.75) is 52.4 Å². The number of nitrogens with zero attached hydrogens (tertiary/aromatic N) is 8. The van der Waals surface area contributed by atoms with Gasteiger partial charge in [0.25, 0.3) is 11.4 Å². The van der Waals surface area contributed by atoms with Crippen molar-refractivity contribution in [1.29, 1.82) is 0 Å². The number of nitro groups is 2. The standard InChI is InChI=1S/C44H48N8O8/c1-3-49(37-13-5-33(6-14-37)45-47-35-9-17-39(18-10-35)51(55)56)21-23-59-41(53)43-26-31-25-32(27-43)29-44(28-31,30-43)42(54)60-24-22-50(4-2)38-15-7-34(8-16-38)46-48-36-11-19-40(20-12-36)52(57)58/h5-20,31-32H,3-4,21-30H2,1-2H3. The lowest BCUT2D eigenvalue weighted by Crippen LogP contribution is -2.58. The number of ether oxygens (including phenoxy) is 2. The van der Waals surface area contributed by atoms with Gasteiger partial charge in [-0.2, -0.15) is 20.5 Å². The molecule has 4 aromatic carbocycles. The summed E-state index contributed by atoms with van der Waals surface area (Å²) in [6.07, 6.45) is 4.49. The predicted octanol–water partition coefficient (Wildman–Crippen LogP) is 10.4. The van der Waals surface area contributed by atoms with Crippen LogP contribution in [0.1, 0.15) is 52.4 Å². The zero-order valence-electron chi connectivity index (χ0n) is 33.7. The third-order valence-corrected chi connectivity index (χ3v) is 12.0. The fourth-order valence-electron chi connectivity index (χ4n) is 9.46. The third kappa shape index (κ3) is 9.48. The molecule has 0 atom stereocenters. The number of benzene rings is 4. The maximum Gasteiger partial charge on any atom is 0.312 e. The lowest BCUT2D eigenvalue weighted by molar-refractivity contribution is -0.385. The Hall–Kier alpha value is -6.58. The summed E-state index contributed by atoms with van der Waals surface area (Å²) in [6.45, 7) is 6.93. The number of non-ortho nitro benzene ring substituents is 2. The van der Waals surface area contributed by atoms with E-state index in [0.717, 1.165) is 43.5 Å². The normalized spacial score (nSPS) is 21.6. The quantitative estimate of drug-likeness (QED) is 0.0403. The van der Waals surface area contributed by atoms with Crippen molar-refractivity contribution in [3.05, 3.63) is 117 Å². The van der Waals surface area contributed by atoms with Gasteiger partial charge in [-0.1, -0.05) is 0 Å². The molecule has 0 unspecified atom stereocenters.